The maximum absolute atomic E-state index is 12.4. The highest BCUT2D eigenvalue weighted by molar-refractivity contribution is 9.10. The van der Waals surface area contributed by atoms with Crippen molar-refractivity contribution >= 4 is 45.1 Å². The van der Waals surface area contributed by atoms with E-state index in [1.807, 2.05) is 19.1 Å². The predicted octanol–water partition coefficient (Wildman–Crippen LogP) is 3.90. The van der Waals surface area contributed by atoms with Crippen LogP contribution in [0.5, 0.6) is 11.5 Å². The lowest BCUT2D eigenvalue weighted by Crippen LogP contribution is -2.49. The Kier molecular flexibility index (Phi) is 9.74. The molecule has 0 aliphatic heterocycles. The third kappa shape index (κ3) is 8.94. The molecule has 2 amide bonds. The van der Waals surface area contributed by atoms with E-state index in [-0.39, 0.29) is 11.7 Å². The van der Waals surface area contributed by atoms with E-state index in [2.05, 4.69) is 45.9 Å². The number of carbonyl (C=O) groups is 2. The smallest absolute Gasteiger partial charge is 0.276 e. The number of nitrogens with one attached hydrogen (secondary N) is 3. The second-order valence-electron chi connectivity index (χ2n) is 7.21. The van der Waals surface area contributed by atoms with Crippen LogP contribution in [0.3, 0.4) is 0 Å². The summed E-state index contributed by atoms with van der Waals surface area (Å²) in [4.78, 5) is 24.3. The van der Waals surface area contributed by atoms with Gasteiger partial charge in [-0.15, -0.1) is 0 Å². The zero-order chi connectivity index (χ0) is 22.8. The van der Waals surface area contributed by atoms with Gasteiger partial charge in [0, 0.05) is 10.0 Å². The second kappa shape index (κ2) is 12.3. The number of aryl methyl sites for hydroxylation is 1. The van der Waals surface area contributed by atoms with Crippen molar-refractivity contribution in [1.82, 2.24) is 16.2 Å². The number of halogens is 1. The molecule has 3 N–H and O–H groups in total. The average molecular weight is 508 g/mol. The molecule has 31 heavy (non-hydrogen) atoms. The van der Waals surface area contributed by atoms with Crippen molar-refractivity contribution in [2.75, 3.05) is 13.2 Å². The first kappa shape index (κ1) is 24.6. The van der Waals surface area contributed by atoms with Crippen LogP contribution in [0, 0.1) is 12.8 Å². The van der Waals surface area contributed by atoms with Crippen molar-refractivity contribution in [2.45, 2.75) is 27.2 Å². The molecule has 0 radical (unpaired) electrons. The van der Waals surface area contributed by atoms with Crippen LogP contribution in [0.15, 0.2) is 46.9 Å². The van der Waals surface area contributed by atoms with E-state index >= 15 is 0 Å². The number of amides is 2. The van der Waals surface area contributed by atoms with Gasteiger partial charge in [-0.1, -0.05) is 35.8 Å². The molecule has 0 fully saturated rings. The Hall–Kier alpha value is -2.65. The molecule has 0 aliphatic carbocycles. The Morgan fingerprint density at radius 2 is 1.81 bits per heavy atom. The first-order valence-corrected chi connectivity index (χ1v) is 11.0. The maximum Gasteiger partial charge on any atom is 0.276 e. The largest absolute Gasteiger partial charge is 0.494 e. The van der Waals surface area contributed by atoms with Gasteiger partial charge in [-0.25, -0.2) is 0 Å². The van der Waals surface area contributed by atoms with Gasteiger partial charge in [-0.2, -0.15) is 0 Å². The number of hydrogen-bond acceptors (Lipinski definition) is 5. The highest BCUT2D eigenvalue weighted by atomic mass is 79.9. The van der Waals surface area contributed by atoms with Crippen LogP contribution in [-0.2, 0) is 4.79 Å². The highest BCUT2D eigenvalue weighted by Gasteiger charge is 2.10. The van der Waals surface area contributed by atoms with Gasteiger partial charge >= 0.3 is 0 Å². The molecule has 0 unspecified atom stereocenters. The van der Waals surface area contributed by atoms with Crippen molar-refractivity contribution in [1.29, 1.82) is 0 Å². The van der Waals surface area contributed by atoms with E-state index in [0.29, 0.717) is 29.6 Å². The molecule has 0 spiro atoms. The lowest BCUT2D eigenvalue weighted by Gasteiger charge is -2.12. The molecule has 9 heteroatoms. The van der Waals surface area contributed by atoms with Crippen LogP contribution < -0.4 is 25.6 Å². The van der Waals surface area contributed by atoms with E-state index in [1.54, 1.807) is 30.3 Å². The normalized spacial score (nSPS) is 10.4. The molecule has 166 valence electrons. The van der Waals surface area contributed by atoms with E-state index < -0.39 is 11.8 Å². The van der Waals surface area contributed by atoms with E-state index in [1.165, 1.54) is 0 Å². The van der Waals surface area contributed by atoms with Gasteiger partial charge in [0.15, 0.2) is 11.7 Å². The topological polar surface area (TPSA) is 88.7 Å². The summed E-state index contributed by atoms with van der Waals surface area (Å²) in [5, 5.41) is 2.47. The van der Waals surface area contributed by atoms with Crippen LogP contribution in [0.2, 0.25) is 0 Å². The summed E-state index contributed by atoms with van der Waals surface area (Å²) in [5.41, 5.74) is 6.25. The van der Waals surface area contributed by atoms with Crippen LogP contribution in [0.4, 0.5) is 0 Å². The Bertz CT molecular complexity index is 937. The third-order valence-electron chi connectivity index (χ3n) is 4.10. The minimum atomic E-state index is -0.447. The van der Waals surface area contributed by atoms with E-state index in [4.69, 9.17) is 21.7 Å². The minimum absolute atomic E-state index is 0.0380. The van der Waals surface area contributed by atoms with Crippen molar-refractivity contribution in [3.8, 4) is 11.5 Å². The van der Waals surface area contributed by atoms with Gasteiger partial charge in [0.1, 0.15) is 11.5 Å². The van der Waals surface area contributed by atoms with Crippen molar-refractivity contribution in [2.24, 2.45) is 5.92 Å². The number of benzene rings is 2. The fourth-order valence-electron chi connectivity index (χ4n) is 2.36. The van der Waals surface area contributed by atoms with Crippen molar-refractivity contribution in [3.05, 3.63) is 58.1 Å². The average Bonchev–Trinajstić information content (AvgIpc) is 2.73. The van der Waals surface area contributed by atoms with E-state index in [0.717, 1.165) is 16.5 Å². The summed E-state index contributed by atoms with van der Waals surface area (Å²) in [6.07, 6.45) is 0.926. The minimum Gasteiger partial charge on any atom is -0.494 e. The van der Waals surface area contributed by atoms with Gasteiger partial charge in [-0.3, -0.25) is 25.8 Å². The molecule has 0 heterocycles. The third-order valence-corrected chi connectivity index (χ3v) is 5.20. The van der Waals surface area contributed by atoms with Crippen LogP contribution in [0.1, 0.15) is 36.2 Å². The summed E-state index contributed by atoms with van der Waals surface area (Å²) >= 11 is 8.46. The monoisotopic (exact) mass is 507 g/mol. The lowest BCUT2D eigenvalue weighted by atomic mass is 10.1. The van der Waals surface area contributed by atoms with Crippen molar-refractivity contribution in [3.63, 3.8) is 0 Å². The second-order valence-corrected chi connectivity index (χ2v) is 8.48. The fourth-order valence-corrected chi connectivity index (χ4v) is 2.75. The van der Waals surface area contributed by atoms with Crippen LogP contribution in [0.25, 0.3) is 0 Å². The van der Waals surface area contributed by atoms with Gasteiger partial charge < -0.3 is 9.47 Å². The number of ether oxygens (including phenoxy) is 2. The molecule has 0 saturated heterocycles. The maximum atomic E-state index is 12.4. The molecule has 7 nitrogen and oxygen atoms in total. The Morgan fingerprint density at radius 1 is 1.06 bits per heavy atom. The predicted molar refractivity (Wildman–Crippen MR) is 127 cm³/mol. The number of hydrazine groups is 1. The number of thiocarbonyl (C=S) groups is 1. The Labute approximate surface area is 196 Å². The first-order chi connectivity index (χ1) is 14.7. The van der Waals surface area contributed by atoms with Gasteiger partial charge in [0.05, 0.1) is 6.61 Å². The van der Waals surface area contributed by atoms with Crippen molar-refractivity contribution < 1.29 is 19.1 Å². The summed E-state index contributed by atoms with van der Waals surface area (Å²) < 4.78 is 12.1. The first-order valence-electron chi connectivity index (χ1n) is 9.76. The molecule has 0 atom stereocenters. The van der Waals surface area contributed by atoms with Crippen LogP contribution in [-0.4, -0.2) is 30.1 Å². The quantitative estimate of drug-likeness (QED) is 0.371. The summed E-state index contributed by atoms with van der Waals surface area (Å²) in [6, 6.07) is 12.2. The SMILES string of the molecule is Cc1cc(OCC(=O)NNC(=S)NC(=O)c2cccc(OCCC(C)C)c2)ccc1Br. The zero-order valence-corrected chi connectivity index (χ0v) is 20.1. The molecule has 2 aromatic rings. The van der Waals surface area contributed by atoms with Gasteiger partial charge in [0.25, 0.3) is 11.8 Å². The lowest BCUT2D eigenvalue weighted by molar-refractivity contribution is -0.123. The molecule has 0 saturated carbocycles. The van der Waals surface area contributed by atoms with Gasteiger partial charge in [0.2, 0.25) is 0 Å². The van der Waals surface area contributed by atoms with Crippen LogP contribution >= 0.6 is 28.1 Å². The summed E-state index contributed by atoms with van der Waals surface area (Å²) in [7, 11) is 0. The zero-order valence-electron chi connectivity index (χ0n) is 17.7. The van der Waals surface area contributed by atoms with E-state index in [9.17, 15) is 9.59 Å². The molecular formula is C22H26BrN3O4S. The molecule has 0 aliphatic rings. The van der Waals surface area contributed by atoms with Gasteiger partial charge in [-0.05, 0) is 73.4 Å². The fraction of sp³-hybridized carbons (Fsp3) is 0.318. The molecular weight excluding hydrogens is 482 g/mol. The number of hydrogen-bond donors (Lipinski definition) is 3. The number of carbonyl (C=O) groups excluding carboxylic acids is 2. The molecule has 0 aromatic heterocycles. The summed E-state index contributed by atoms with van der Waals surface area (Å²) in [6.45, 7) is 6.53. The molecule has 2 rings (SSSR count). The standard InChI is InChI=1S/C22H26BrN3O4S/c1-14(2)9-10-29-17-6-4-5-16(12-17)21(28)24-22(31)26-25-20(27)13-30-18-7-8-19(23)15(3)11-18/h4-8,11-12,14H,9-10,13H2,1-3H3,(H,25,27)(H2,24,26,28,31). The molecule has 2 aromatic carbocycles. The highest BCUT2D eigenvalue weighted by Crippen LogP contribution is 2.21. The molecule has 0 bridgehead atoms. The Morgan fingerprint density at radius 3 is 2.52 bits per heavy atom. The Balaban J connectivity index is 1.75. The number of rotatable bonds is 8. The summed E-state index contributed by atoms with van der Waals surface area (Å²) in [5.74, 6) is 0.859.